The third-order valence-electron chi connectivity index (χ3n) is 2.92. The highest BCUT2D eigenvalue weighted by Crippen LogP contribution is 2.31. The number of carbonyl (C=O) groups excluding carboxylic acids is 1. The Kier molecular flexibility index (Phi) is 4.33. The lowest BCUT2D eigenvalue weighted by atomic mass is 9.85. The van der Waals surface area contributed by atoms with Gasteiger partial charge in [0.2, 0.25) is 0 Å². The summed E-state index contributed by atoms with van der Waals surface area (Å²) in [5, 5.41) is 0. The van der Waals surface area contributed by atoms with Gasteiger partial charge in [-0.15, -0.1) is 0 Å². The lowest BCUT2D eigenvalue weighted by Crippen LogP contribution is -2.24. The Balaban J connectivity index is 2.93. The highest BCUT2D eigenvalue weighted by atomic mass is 16.1. The normalized spacial score (nSPS) is 11.4. The highest BCUT2D eigenvalue weighted by molar-refractivity contribution is 5.76. The molecule has 17 heavy (non-hydrogen) atoms. The minimum Gasteiger partial charge on any atom is -0.374 e. The van der Waals surface area contributed by atoms with E-state index in [-0.39, 0.29) is 11.2 Å². The minimum atomic E-state index is 0.126. The van der Waals surface area contributed by atoms with Gasteiger partial charge in [-0.05, 0) is 24.0 Å². The highest BCUT2D eigenvalue weighted by Gasteiger charge is 2.19. The summed E-state index contributed by atoms with van der Waals surface area (Å²) in [6, 6.07) is 8.41. The molecule has 2 nitrogen and oxygen atoms in total. The van der Waals surface area contributed by atoms with Gasteiger partial charge < -0.3 is 4.90 Å². The molecule has 2 heteroatoms. The van der Waals surface area contributed by atoms with Crippen LogP contribution in [0.25, 0.3) is 0 Å². The first-order chi connectivity index (χ1) is 7.82. The van der Waals surface area contributed by atoms with Crippen LogP contribution in [0.4, 0.5) is 5.69 Å². The number of anilines is 1. The third-order valence-corrected chi connectivity index (χ3v) is 2.92. The average molecular weight is 233 g/mol. The van der Waals surface area contributed by atoms with Gasteiger partial charge in [-0.2, -0.15) is 0 Å². The van der Waals surface area contributed by atoms with Crippen LogP contribution < -0.4 is 4.90 Å². The Bertz CT molecular complexity index is 390. The standard InChI is InChI=1S/C15H23NO/c1-12(17)10-11-16(5)14-9-7-6-8-13(14)15(2,3)4/h6-9H,10-11H2,1-5H3. The van der Waals surface area contributed by atoms with Crippen LogP contribution in [-0.2, 0) is 10.2 Å². The summed E-state index contributed by atoms with van der Waals surface area (Å²) in [7, 11) is 2.05. The van der Waals surface area contributed by atoms with Crippen molar-refractivity contribution in [3.63, 3.8) is 0 Å². The molecule has 0 heterocycles. The molecule has 0 aromatic heterocycles. The van der Waals surface area contributed by atoms with Gasteiger partial charge in [0.25, 0.3) is 0 Å². The third kappa shape index (κ3) is 3.88. The number of ketones is 1. The van der Waals surface area contributed by atoms with Crippen molar-refractivity contribution in [3.8, 4) is 0 Å². The van der Waals surface area contributed by atoms with E-state index in [0.29, 0.717) is 6.42 Å². The second-order valence-corrected chi connectivity index (χ2v) is 5.64. The zero-order chi connectivity index (χ0) is 13.1. The van der Waals surface area contributed by atoms with E-state index < -0.39 is 0 Å². The van der Waals surface area contributed by atoms with Gasteiger partial charge in [0, 0.05) is 25.7 Å². The van der Waals surface area contributed by atoms with Gasteiger partial charge >= 0.3 is 0 Å². The molecule has 0 aliphatic rings. The molecule has 0 saturated carbocycles. The molecule has 0 saturated heterocycles. The molecule has 0 unspecified atom stereocenters. The van der Waals surface area contributed by atoms with E-state index in [1.807, 2.05) is 7.05 Å². The van der Waals surface area contributed by atoms with Crippen LogP contribution in [0, 0.1) is 0 Å². The van der Waals surface area contributed by atoms with E-state index >= 15 is 0 Å². The second-order valence-electron chi connectivity index (χ2n) is 5.64. The van der Waals surface area contributed by atoms with Crippen molar-refractivity contribution in [2.24, 2.45) is 0 Å². The Morgan fingerprint density at radius 3 is 2.35 bits per heavy atom. The molecule has 0 radical (unpaired) electrons. The van der Waals surface area contributed by atoms with Crippen LogP contribution >= 0.6 is 0 Å². The fourth-order valence-corrected chi connectivity index (χ4v) is 1.89. The Morgan fingerprint density at radius 2 is 1.82 bits per heavy atom. The maximum Gasteiger partial charge on any atom is 0.131 e. The fourth-order valence-electron chi connectivity index (χ4n) is 1.89. The molecular weight excluding hydrogens is 210 g/mol. The van der Waals surface area contributed by atoms with Crippen molar-refractivity contribution in [2.75, 3.05) is 18.5 Å². The molecular formula is C15H23NO. The van der Waals surface area contributed by atoms with Crippen LogP contribution in [0.3, 0.4) is 0 Å². The molecule has 0 aliphatic heterocycles. The summed E-state index contributed by atoms with van der Waals surface area (Å²) in [5.74, 6) is 0.241. The Morgan fingerprint density at radius 1 is 1.24 bits per heavy atom. The molecule has 1 aromatic rings. The van der Waals surface area contributed by atoms with Crippen molar-refractivity contribution in [1.82, 2.24) is 0 Å². The van der Waals surface area contributed by atoms with Crippen LogP contribution in [0.2, 0.25) is 0 Å². The zero-order valence-electron chi connectivity index (χ0n) is 11.6. The van der Waals surface area contributed by atoms with E-state index in [4.69, 9.17) is 0 Å². The smallest absolute Gasteiger partial charge is 0.131 e. The SMILES string of the molecule is CC(=O)CCN(C)c1ccccc1C(C)(C)C. The molecule has 1 aromatic carbocycles. The quantitative estimate of drug-likeness (QED) is 0.794. The first kappa shape index (κ1) is 13.8. The van der Waals surface area contributed by atoms with Crippen molar-refractivity contribution in [1.29, 1.82) is 0 Å². The molecule has 0 spiro atoms. The summed E-state index contributed by atoms with van der Waals surface area (Å²) in [6.45, 7) is 9.06. The summed E-state index contributed by atoms with van der Waals surface area (Å²) in [5.41, 5.74) is 2.67. The number of hydrogen-bond donors (Lipinski definition) is 0. The molecule has 0 amide bonds. The van der Waals surface area contributed by atoms with E-state index in [0.717, 1.165) is 6.54 Å². The van der Waals surface area contributed by atoms with Gasteiger partial charge in [0.05, 0.1) is 0 Å². The summed E-state index contributed by atoms with van der Waals surface area (Å²) < 4.78 is 0. The van der Waals surface area contributed by atoms with Crippen LogP contribution in [0.15, 0.2) is 24.3 Å². The number of hydrogen-bond acceptors (Lipinski definition) is 2. The number of benzene rings is 1. The number of carbonyl (C=O) groups is 1. The zero-order valence-corrected chi connectivity index (χ0v) is 11.6. The summed E-state index contributed by atoms with van der Waals surface area (Å²) in [6.07, 6.45) is 0.606. The van der Waals surface area contributed by atoms with E-state index in [9.17, 15) is 4.79 Å². The summed E-state index contributed by atoms with van der Waals surface area (Å²) >= 11 is 0. The van der Waals surface area contributed by atoms with Crippen molar-refractivity contribution < 1.29 is 4.79 Å². The second kappa shape index (κ2) is 5.35. The first-order valence-corrected chi connectivity index (χ1v) is 6.12. The number of Topliss-reactive ketones (excluding diaryl/α,β-unsaturated/α-hetero) is 1. The van der Waals surface area contributed by atoms with Gasteiger partial charge in [-0.3, -0.25) is 4.79 Å². The van der Waals surface area contributed by atoms with Gasteiger partial charge in [-0.1, -0.05) is 39.0 Å². The maximum atomic E-state index is 11.0. The van der Waals surface area contributed by atoms with Crippen molar-refractivity contribution in [2.45, 2.75) is 39.5 Å². The van der Waals surface area contributed by atoms with Crippen molar-refractivity contribution in [3.05, 3.63) is 29.8 Å². The fraction of sp³-hybridized carbons (Fsp3) is 0.533. The predicted octanol–water partition coefficient (Wildman–Crippen LogP) is 3.40. The predicted molar refractivity (Wildman–Crippen MR) is 73.7 cm³/mol. The van der Waals surface area contributed by atoms with E-state index in [1.54, 1.807) is 6.92 Å². The van der Waals surface area contributed by atoms with Gasteiger partial charge in [0.15, 0.2) is 0 Å². The van der Waals surface area contributed by atoms with Gasteiger partial charge in [-0.25, -0.2) is 0 Å². The average Bonchev–Trinajstić information content (AvgIpc) is 2.24. The molecule has 0 bridgehead atoms. The topological polar surface area (TPSA) is 20.3 Å². The number of para-hydroxylation sites is 1. The Labute approximate surface area is 105 Å². The van der Waals surface area contributed by atoms with Crippen LogP contribution in [0.1, 0.15) is 39.7 Å². The lowest BCUT2D eigenvalue weighted by Gasteiger charge is -2.28. The maximum absolute atomic E-state index is 11.0. The van der Waals surface area contributed by atoms with Crippen molar-refractivity contribution >= 4 is 11.5 Å². The molecule has 0 fully saturated rings. The Hall–Kier alpha value is -1.31. The number of nitrogens with zero attached hydrogens (tertiary/aromatic N) is 1. The largest absolute Gasteiger partial charge is 0.374 e. The molecule has 1 rings (SSSR count). The molecule has 0 atom stereocenters. The number of rotatable bonds is 4. The minimum absolute atomic E-state index is 0.126. The molecule has 0 N–H and O–H groups in total. The lowest BCUT2D eigenvalue weighted by molar-refractivity contribution is -0.116. The molecule has 0 aliphatic carbocycles. The van der Waals surface area contributed by atoms with Crippen LogP contribution in [-0.4, -0.2) is 19.4 Å². The first-order valence-electron chi connectivity index (χ1n) is 6.12. The van der Waals surface area contributed by atoms with E-state index in [1.165, 1.54) is 11.3 Å². The van der Waals surface area contributed by atoms with E-state index in [2.05, 4.69) is 49.9 Å². The molecule has 94 valence electrons. The summed E-state index contributed by atoms with van der Waals surface area (Å²) in [4.78, 5) is 13.2. The monoisotopic (exact) mass is 233 g/mol. The van der Waals surface area contributed by atoms with Gasteiger partial charge in [0.1, 0.15) is 5.78 Å². The van der Waals surface area contributed by atoms with Crippen LogP contribution in [0.5, 0.6) is 0 Å².